The van der Waals surface area contributed by atoms with Crippen LogP contribution in [-0.2, 0) is 10.0 Å². The highest BCUT2D eigenvalue weighted by atomic mass is 32.2. The van der Waals surface area contributed by atoms with Crippen LogP contribution in [0, 0.1) is 5.82 Å². The zero-order valence-electron chi connectivity index (χ0n) is 8.81. The second kappa shape index (κ2) is 4.23. The first-order chi connectivity index (χ1) is 7.92. The summed E-state index contributed by atoms with van der Waals surface area (Å²) in [5.41, 5.74) is 5.42. The van der Waals surface area contributed by atoms with Gasteiger partial charge >= 0.3 is 0 Å². The van der Waals surface area contributed by atoms with Gasteiger partial charge in [-0.15, -0.1) is 0 Å². The molecule has 0 bridgehead atoms. The summed E-state index contributed by atoms with van der Waals surface area (Å²) in [4.78, 5) is -0.170. The Balaban J connectivity index is 2.39. The van der Waals surface area contributed by atoms with Crippen LogP contribution in [0.5, 0.6) is 0 Å². The van der Waals surface area contributed by atoms with E-state index in [0.29, 0.717) is 12.8 Å². The van der Waals surface area contributed by atoms with Gasteiger partial charge in [-0.05, 0) is 25.0 Å². The molecule has 2 rings (SSSR count). The van der Waals surface area contributed by atoms with Crippen molar-refractivity contribution in [2.75, 3.05) is 4.72 Å². The van der Waals surface area contributed by atoms with E-state index in [1.54, 1.807) is 0 Å². The van der Waals surface area contributed by atoms with Crippen molar-refractivity contribution in [3.8, 4) is 0 Å². The van der Waals surface area contributed by atoms with E-state index in [9.17, 15) is 12.8 Å². The van der Waals surface area contributed by atoms with Crippen LogP contribution in [0.25, 0.3) is 0 Å². The van der Waals surface area contributed by atoms with Gasteiger partial charge in [-0.25, -0.2) is 12.8 Å². The van der Waals surface area contributed by atoms with Gasteiger partial charge in [0.2, 0.25) is 10.0 Å². The van der Waals surface area contributed by atoms with E-state index >= 15 is 0 Å². The van der Waals surface area contributed by atoms with Gasteiger partial charge in [0, 0.05) is 0 Å². The average molecular weight is 274 g/mol. The molecule has 0 amide bonds. The molecule has 0 spiro atoms. The van der Waals surface area contributed by atoms with Gasteiger partial charge in [-0.2, -0.15) is 0 Å². The van der Waals surface area contributed by atoms with E-state index < -0.39 is 15.8 Å². The molecule has 3 N–H and O–H groups in total. The third-order valence-electron chi connectivity index (χ3n) is 2.48. The van der Waals surface area contributed by atoms with Gasteiger partial charge in [-0.3, -0.25) is 4.72 Å². The zero-order chi connectivity index (χ0) is 12.6. The summed E-state index contributed by atoms with van der Waals surface area (Å²) in [6.07, 6.45) is 1.26. The van der Waals surface area contributed by atoms with E-state index in [4.69, 9.17) is 18.0 Å². The van der Waals surface area contributed by atoms with Gasteiger partial charge in [0.15, 0.2) is 0 Å². The lowest BCUT2D eigenvalue weighted by molar-refractivity contribution is 0.600. The Morgan fingerprint density at radius 1 is 1.47 bits per heavy atom. The maximum Gasteiger partial charge on any atom is 0.235 e. The Hall–Kier alpha value is -1.21. The molecular weight excluding hydrogens is 263 g/mol. The smallest absolute Gasteiger partial charge is 0.235 e. The number of hydrogen-bond donors (Lipinski definition) is 2. The lowest BCUT2D eigenvalue weighted by Crippen LogP contribution is -2.21. The lowest BCUT2D eigenvalue weighted by Gasteiger charge is -2.11. The van der Waals surface area contributed by atoms with Crippen LogP contribution in [0.2, 0.25) is 0 Å². The number of sulfonamides is 1. The minimum atomic E-state index is -3.44. The monoisotopic (exact) mass is 274 g/mol. The van der Waals surface area contributed by atoms with Crippen LogP contribution in [-0.4, -0.2) is 18.7 Å². The first-order valence-electron chi connectivity index (χ1n) is 5.02. The average Bonchev–Trinajstić information content (AvgIpc) is 2.98. The van der Waals surface area contributed by atoms with E-state index in [2.05, 4.69) is 4.72 Å². The van der Waals surface area contributed by atoms with Crippen molar-refractivity contribution < 1.29 is 12.8 Å². The maximum absolute atomic E-state index is 13.5. The summed E-state index contributed by atoms with van der Waals surface area (Å²) >= 11 is 4.71. The van der Waals surface area contributed by atoms with Crippen LogP contribution >= 0.6 is 12.2 Å². The SMILES string of the molecule is NC(=S)c1c(F)cccc1NS(=O)(=O)C1CC1. The van der Waals surface area contributed by atoms with E-state index in [1.807, 2.05) is 0 Å². The van der Waals surface area contributed by atoms with Crippen LogP contribution in [0.1, 0.15) is 18.4 Å². The highest BCUT2D eigenvalue weighted by Crippen LogP contribution is 2.31. The lowest BCUT2D eigenvalue weighted by atomic mass is 10.2. The van der Waals surface area contributed by atoms with Gasteiger partial charge < -0.3 is 5.73 Å². The van der Waals surface area contributed by atoms with Crippen LogP contribution in [0.15, 0.2) is 18.2 Å². The number of hydrogen-bond acceptors (Lipinski definition) is 3. The molecule has 1 aromatic carbocycles. The molecule has 0 aliphatic heterocycles. The molecule has 1 aromatic rings. The van der Waals surface area contributed by atoms with Crippen molar-refractivity contribution in [3.05, 3.63) is 29.6 Å². The predicted molar refractivity (Wildman–Crippen MR) is 67.9 cm³/mol. The predicted octanol–water partition coefficient (Wildman–Crippen LogP) is 1.36. The first-order valence-corrected chi connectivity index (χ1v) is 6.97. The van der Waals surface area contributed by atoms with Crippen molar-refractivity contribution in [1.82, 2.24) is 0 Å². The second-order valence-electron chi connectivity index (χ2n) is 3.87. The van der Waals surface area contributed by atoms with Crippen molar-refractivity contribution in [2.45, 2.75) is 18.1 Å². The minimum absolute atomic E-state index is 0.0632. The van der Waals surface area contributed by atoms with E-state index in [1.165, 1.54) is 18.2 Å². The van der Waals surface area contributed by atoms with E-state index in [0.717, 1.165) is 0 Å². The fourth-order valence-electron chi connectivity index (χ4n) is 1.47. The third kappa shape index (κ3) is 2.55. The Kier molecular flexibility index (Phi) is 3.05. The summed E-state index contributed by atoms with van der Waals surface area (Å²) < 4.78 is 39.3. The molecule has 0 radical (unpaired) electrons. The molecule has 0 unspecified atom stereocenters. The summed E-state index contributed by atoms with van der Waals surface area (Å²) in [5, 5.41) is -0.384. The normalized spacial score (nSPS) is 15.6. The molecule has 92 valence electrons. The van der Waals surface area contributed by atoms with Gasteiger partial charge in [-0.1, -0.05) is 18.3 Å². The van der Waals surface area contributed by atoms with Gasteiger partial charge in [0.25, 0.3) is 0 Å². The first kappa shape index (κ1) is 12.3. The zero-order valence-corrected chi connectivity index (χ0v) is 10.4. The topological polar surface area (TPSA) is 72.2 Å². The van der Waals surface area contributed by atoms with Gasteiger partial charge in [0.1, 0.15) is 10.8 Å². The Morgan fingerprint density at radius 3 is 2.65 bits per heavy atom. The van der Waals surface area contributed by atoms with E-state index in [-0.39, 0.29) is 21.5 Å². The second-order valence-corrected chi connectivity index (χ2v) is 6.27. The van der Waals surface area contributed by atoms with Crippen LogP contribution < -0.4 is 10.5 Å². The number of thiocarbonyl (C=S) groups is 1. The highest BCUT2D eigenvalue weighted by molar-refractivity contribution is 7.93. The minimum Gasteiger partial charge on any atom is -0.389 e. The number of nitrogens with two attached hydrogens (primary N) is 1. The summed E-state index contributed by atoms with van der Waals surface area (Å²) in [6, 6.07) is 4.03. The van der Waals surface area contributed by atoms with Crippen molar-refractivity contribution in [2.24, 2.45) is 5.73 Å². The summed E-state index contributed by atoms with van der Waals surface area (Å²) in [5.74, 6) is -0.631. The Bertz CT molecular complexity index is 568. The molecule has 0 atom stereocenters. The molecule has 17 heavy (non-hydrogen) atoms. The molecule has 4 nitrogen and oxygen atoms in total. The molecule has 1 aliphatic rings. The highest BCUT2D eigenvalue weighted by Gasteiger charge is 2.36. The number of benzene rings is 1. The summed E-state index contributed by atoms with van der Waals surface area (Å²) in [7, 11) is -3.44. The molecule has 0 aromatic heterocycles. The standard InChI is InChI=1S/C10H11FN2O2S2/c11-7-2-1-3-8(9(7)10(12)16)13-17(14,15)6-4-5-6/h1-3,6,13H,4-5H2,(H2,12,16). The molecule has 7 heteroatoms. The molecule has 1 aliphatic carbocycles. The molecular formula is C10H11FN2O2S2. The molecule has 1 fully saturated rings. The largest absolute Gasteiger partial charge is 0.389 e. The van der Waals surface area contributed by atoms with Gasteiger partial charge in [0.05, 0.1) is 16.5 Å². The number of nitrogens with one attached hydrogen (secondary N) is 1. The van der Waals surface area contributed by atoms with Crippen molar-refractivity contribution >= 4 is 32.9 Å². The number of halogens is 1. The summed E-state index contributed by atoms with van der Waals surface area (Å²) in [6.45, 7) is 0. The quantitative estimate of drug-likeness (QED) is 0.813. The molecule has 1 saturated carbocycles. The fraction of sp³-hybridized carbons (Fsp3) is 0.300. The van der Waals surface area contributed by atoms with Crippen molar-refractivity contribution in [1.29, 1.82) is 0 Å². The van der Waals surface area contributed by atoms with Crippen LogP contribution in [0.3, 0.4) is 0 Å². The molecule has 0 saturated heterocycles. The maximum atomic E-state index is 13.5. The molecule has 0 heterocycles. The fourth-order valence-corrected chi connectivity index (χ4v) is 3.08. The van der Waals surface area contributed by atoms with Crippen LogP contribution in [0.4, 0.5) is 10.1 Å². The van der Waals surface area contributed by atoms with Crippen molar-refractivity contribution in [3.63, 3.8) is 0 Å². The third-order valence-corrected chi connectivity index (χ3v) is 4.53. The number of rotatable bonds is 4. The Morgan fingerprint density at radius 2 is 2.12 bits per heavy atom. The number of anilines is 1. The Labute approximate surface area is 104 Å².